The smallest absolute Gasteiger partial charge is 0.325 e. The first kappa shape index (κ1) is 24.9. The topological polar surface area (TPSA) is 139 Å². The minimum absolute atomic E-state index is 0.0146. The molecular formula is C20H29NO7P2. The molecule has 5 N–H and O–H groups in total. The number of benzene rings is 2. The van der Waals surface area contributed by atoms with E-state index in [1.165, 1.54) is 0 Å². The van der Waals surface area contributed by atoms with E-state index in [0.29, 0.717) is 32.5 Å². The summed E-state index contributed by atoms with van der Waals surface area (Å²) < 4.78 is 22.0. The highest BCUT2D eigenvalue weighted by Gasteiger charge is 2.14. The number of hydrogen-bond donors (Lipinski definition) is 5. The summed E-state index contributed by atoms with van der Waals surface area (Å²) in [7, 11) is -8.01. The molecule has 0 aliphatic carbocycles. The van der Waals surface area contributed by atoms with Gasteiger partial charge < -0.3 is 24.7 Å². The maximum absolute atomic E-state index is 11.0. The van der Waals surface area contributed by atoms with Crippen molar-refractivity contribution in [1.29, 1.82) is 0 Å². The van der Waals surface area contributed by atoms with Crippen molar-refractivity contribution in [2.75, 3.05) is 25.5 Å². The van der Waals surface area contributed by atoms with E-state index in [0.717, 1.165) is 22.3 Å². The number of rotatable bonds is 12. The summed E-state index contributed by atoms with van der Waals surface area (Å²) in [5, 5.41) is 9.38. The fourth-order valence-electron chi connectivity index (χ4n) is 3.04. The highest BCUT2D eigenvalue weighted by molar-refractivity contribution is 7.52. The summed E-state index contributed by atoms with van der Waals surface area (Å²) in [4.78, 5) is 38.0. The third kappa shape index (κ3) is 10.1. The lowest BCUT2D eigenvalue weighted by Gasteiger charge is -2.22. The van der Waals surface area contributed by atoms with Crippen molar-refractivity contribution in [3.63, 3.8) is 0 Å². The van der Waals surface area contributed by atoms with E-state index in [1.54, 1.807) is 0 Å². The Balaban J connectivity index is 1.94. The molecule has 0 aliphatic heterocycles. The average molecular weight is 457 g/mol. The Morgan fingerprint density at radius 2 is 0.967 bits per heavy atom. The summed E-state index contributed by atoms with van der Waals surface area (Å²) >= 11 is 0. The van der Waals surface area contributed by atoms with Crippen LogP contribution in [0.3, 0.4) is 0 Å². The van der Waals surface area contributed by atoms with Crippen molar-refractivity contribution in [2.45, 2.75) is 25.9 Å². The molecule has 8 nitrogen and oxygen atoms in total. The minimum Gasteiger partial charge on any atom is -0.395 e. The average Bonchev–Trinajstić information content (AvgIpc) is 2.66. The van der Waals surface area contributed by atoms with Crippen molar-refractivity contribution in [3.8, 4) is 0 Å². The van der Waals surface area contributed by atoms with Gasteiger partial charge in [-0.3, -0.25) is 14.0 Å². The van der Waals surface area contributed by atoms with Crippen molar-refractivity contribution in [2.24, 2.45) is 0 Å². The van der Waals surface area contributed by atoms with Gasteiger partial charge in [-0.2, -0.15) is 0 Å². The maximum atomic E-state index is 11.0. The van der Waals surface area contributed by atoms with Crippen LogP contribution in [0.5, 0.6) is 0 Å². The lowest BCUT2D eigenvalue weighted by Crippen LogP contribution is -2.26. The number of nitrogens with zero attached hydrogens (tertiary/aromatic N) is 1. The van der Waals surface area contributed by atoms with Crippen LogP contribution >= 0.6 is 15.2 Å². The SMILES string of the molecule is O=P(O)(O)CCc1ccc(CN(CCO)Cc2ccc(CCP(=O)(O)O)cc2)cc1. The second-order valence-electron chi connectivity index (χ2n) is 7.34. The molecule has 0 radical (unpaired) electrons. The van der Waals surface area contributed by atoms with Crippen molar-refractivity contribution < 1.29 is 33.8 Å². The van der Waals surface area contributed by atoms with E-state index in [2.05, 4.69) is 4.90 Å². The third-order valence-corrected chi connectivity index (χ3v) is 6.27. The fourth-order valence-corrected chi connectivity index (χ4v) is 4.14. The van der Waals surface area contributed by atoms with E-state index >= 15 is 0 Å². The molecule has 0 fully saturated rings. The van der Waals surface area contributed by atoms with Crippen LogP contribution in [0.2, 0.25) is 0 Å². The van der Waals surface area contributed by atoms with Gasteiger partial charge in [-0.15, -0.1) is 0 Å². The minimum atomic E-state index is -4.00. The fraction of sp³-hybridized carbons (Fsp3) is 0.400. The molecule has 2 aromatic rings. The molecule has 2 rings (SSSR count). The number of aliphatic hydroxyl groups is 1. The molecule has 10 heteroatoms. The van der Waals surface area contributed by atoms with E-state index in [9.17, 15) is 14.2 Å². The Kier molecular flexibility index (Phi) is 9.41. The zero-order valence-electron chi connectivity index (χ0n) is 16.7. The van der Waals surface area contributed by atoms with Gasteiger partial charge in [0.1, 0.15) is 0 Å². The van der Waals surface area contributed by atoms with Gasteiger partial charge in [-0.1, -0.05) is 48.5 Å². The Morgan fingerprint density at radius 3 is 1.27 bits per heavy atom. The second kappa shape index (κ2) is 11.3. The van der Waals surface area contributed by atoms with Crippen LogP contribution in [-0.4, -0.2) is 55.1 Å². The first-order valence-electron chi connectivity index (χ1n) is 9.62. The normalized spacial score (nSPS) is 12.5. The molecular weight excluding hydrogens is 428 g/mol. The zero-order valence-corrected chi connectivity index (χ0v) is 18.5. The summed E-state index contributed by atoms with van der Waals surface area (Å²) in [5.41, 5.74) is 3.78. The van der Waals surface area contributed by atoms with Crippen molar-refractivity contribution in [1.82, 2.24) is 4.90 Å². The largest absolute Gasteiger partial charge is 0.395 e. The van der Waals surface area contributed by atoms with Gasteiger partial charge in [-0.25, -0.2) is 0 Å². The number of hydrogen-bond acceptors (Lipinski definition) is 4. The van der Waals surface area contributed by atoms with Gasteiger partial charge in [-0.05, 0) is 35.1 Å². The van der Waals surface area contributed by atoms with E-state index < -0.39 is 15.2 Å². The molecule has 0 aliphatic rings. The molecule has 30 heavy (non-hydrogen) atoms. The van der Waals surface area contributed by atoms with Gasteiger partial charge >= 0.3 is 15.2 Å². The van der Waals surface area contributed by atoms with Crippen LogP contribution in [0.4, 0.5) is 0 Å². The van der Waals surface area contributed by atoms with Crippen LogP contribution in [0.25, 0.3) is 0 Å². The molecule has 0 unspecified atom stereocenters. The van der Waals surface area contributed by atoms with Gasteiger partial charge in [0.15, 0.2) is 0 Å². The molecule has 0 spiro atoms. The zero-order chi connectivity index (χ0) is 22.2. The summed E-state index contributed by atoms with van der Waals surface area (Å²) in [5.74, 6) is 0. The van der Waals surface area contributed by atoms with Gasteiger partial charge in [0.2, 0.25) is 0 Å². The molecule has 2 aromatic carbocycles. The third-order valence-electron chi connectivity index (χ3n) is 4.66. The van der Waals surface area contributed by atoms with E-state index in [-0.39, 0.29) is 18.9 Å². The Morgan fingerprint density at radius 1 is 0.633 bits per heavy atom. The van der Waals surface area contributed by atoms with Crippen molar-refractivity contribution >= 4 is 15.2 Å². The van der Waals surface area contributed by atoms with E-state index in [1.807, 2.05) is 48.5 Å². The van der Waals surface area contributed by atoms with Gasteiger partial charge in [0.25, 0.3) is 0 Å². The highest BCUT2D eigenvalue weighted by Crippen LogP contribution is 2.35. The second-order valence-corrected chi connectivity index (χ2v) is 10.9. The standard InChI is InChI=1S/C20H29NO7P2/c22-12-11-21(15-19-5-1-17(2-6-19)9-13-29(23,24)25)16-20-7-3-18(4-8-20)10-14-30(26,27)28/h1-8,22H,9-16H2,(H2,23,24,25)(H2,26,27,28). The van der Waals surface area contributed by atoms with E-state index in [4.69, 9.17) is 19.6 Å². The quantitative estimate of drug-likeness (QED) is 0.306. The molecule has 0 amide bonds. The highest BCUT2D eigenvalue weighted by atomic mass is 31.2. The first-order valence-corrected chi connectivity index (χ1v) is 13.2. The lowest BCUT2D eigenvalue weighted by molar-refractivity contribution is 0.184. The summed E-state index contributed by atoms with van der Waals surface area (Å²) in [6.45, 7) is 1.72. The Labute approximate surface area is 176 Å². The summed E-state index contributed by atoms with van der Waals surface area (Å²) in [6.07, 6.45) is 0.291. The van der Waals surface area contributed by atoms with Gasteiger partial charge in [0, 0.05) is 19.6 Å². The van der Waals surface area contributed by atoms with Crippen LogP contribution in [0.1, 0.15) is 22.3 Å². The molecule has 0 heterocycles. The van der Waals surface area contributed by atoms with Gasteiger partial charge in [0.05, 0.1) is 18.9 Å². The molecule has 0 saturated heterocycles. The first-order chi connectivity index (χ1) is 14.0. The van der Waals surface area contributed by atoms with Crippen LogP contribution in [0, 0.1) is 0 Å². The predicted molar refractivity (Wildman–Crippen MR) is 115 cm³/mol. The molecule has 0 saturated carbocycles. The lowest BCUT2D eigenvalue weighted by atomic mass is 10.1. The number of aliphatic hydroxyl groups excluding tert-OH is 1. The molecule has 166 valence electrons. The molecule has 0 aromatic heterocycles. The van der Waals surface area contributed by atoms with Crippen LogP contribution < -0.4 is 0 Å². The molecule has 0 atom stereocenters. The van der Waals surface area contributed by atoms with Crippen LogP contribution in [-0.2, 0) is 35.1 Å². The Bertz CT molecular complexity index is 804. The van der Waals surface area contributed by atoms with Crippen molar-refractivity contribution in [3.05, 3.63) is 70.8 Å². The van der Waals surface area contributed by atoms with Crippen LogP contribution in [0.15, 0.2) is 48.5 Å². The maximum Gasteiger partial charge on any atom is 0.325 e. The predicted octanol–water partition coefficient (Wildman–Crippen LogP) is 2.12. The number of aryl methyl sites for hydroxylation is 2. The Hall–Kier alpha value is -1.34. The molecule has 0 bridgehead atoms. The summed E-state index contributed by atoms with van der Waals surface area (Å²) in [6, 6.07) is 15.1. The monoisotopic (exact) mass is 457 g/mol.